The summed E-state index contributed by atoms with van der Waals surface area (Å²) in [4.78, 5) is 18.5. The SMILES string of the molecule is CCNC(=NCC(C)(C)C(N)=O)N1CCC(Cc2ccccc2)CC1.I. The number of halogens is 1. The number of nitrogens with one attached hydrogen (secondary N) is 1. The largest absolute Gasteiger partial charge is 0.369 e. The first-order valence-corrected chi connectivity index (χ1v) is 9.29. The van der Waals surface area contributed by atoms with Crippen molar-refractivity contribution in [2.45, 2.75) is 40.0 Å². The molecule has 0 unspecified atom stereocenters. The zero-order chi connectivity index (χ0) is 18.3. The number of carbonyl (C=O) groups is 1. The van der Waals surface area contributed by atoms with Gasteiger partial charge in [0.05, 0.1) is 12.0 Å². The average molecular weight is 472 g/mol. The fourth-order valence-corrected chi connectivity index (χ4v) is 3.07. The predicted molar refractivity (Wildman–Crippen MR) is 119 cm³/mol. The fourth-order valence-electron chi connectivity index (χ4n) is 3.07. The molecule has 6 heteroatoms. The number of primary amides is 1. The van der Waals surface area contributed by atoms with Crippen molar-refractivity contribution < 1.29 is 4.79 Å². The number of nitrogens with two attached hydrogens (primary N) is 1. The van der Waals surface area contributed by atoms with Crippen LogP contribution in [0.15, 0.2) is 35.3 Å². The Morgan fingerprint density at radius 1 is 1.27 bits per heavy atom. The lowest BCUT2D eigenvalue weighted by Crippen LogP contribution is -2.46. The number of guanidine groups is 1. The molecule has 0 aliphatic carbocycles. The number of hydrogen-bond donors (Lipinski definition) is 2. The van der Waals surface area contributed by atoms with Crippen LogP contribution in [-0.4, -0.2) is 42.9 Å². The lowest BCUT2D eigenvalue weighted by atomic mass is 9.90. The maximum atomic E-state index is 11.5. The molecule has 1 aromatic carbocycles. The maximum Gasteiger partial charge on any atom is 0.224 e. The number of rotatable bonds is 6. The molecule has 1 heterocycles. The van der Waals surface area contributed by atoms with Crippen LogP contribution in [0, 0.1) is 11.3 Å². The number of aliphatic imine (C=N–C) groups is 1. The van der Waals surface area contributed by atoms with Gasteiger partial charge in [-0.25, -0.2) is 0 Å². The van der Waals surface area contributed by atoms with E-state index in [1.54, 1.807) is 0 Å². The van der Waals surface area contributed by atoms with Crippen LogP contribution in [0.5, 0.6) is 0 Å². The third-order valence-corrected chi connectivity index (χ3v) is 4.91. The molecule has 0 saturated carbocycles. The number of benzene rings is 1. The third-order valence-electron chi connectivity index (χ3n) is 4.91. The molecule has 26 heavy (non-hydrogen) atoms. The zero-order valence-corrected chi connectivity index (χ0v) is 18.5. The molecule has 0 radical (unpaired) electrons. The normalized spacial score (nSPS) is 16.1. The zero-order valence-electron chi connectivity index (χ0n) is 16.2. The summed E-state index contributed by atoms with van der Waals surface area (Å²) in [6.07, 6.45) is 3.48. The van der Waals surface area contributed by atoms with Gasteiger partial charge in [-0.1, -0.05) is 30.3 Å². The summed E-state index contributed by atoms with van der Waals surface area (Å²) >= 11 is 0. The van der Waals surface area contributed by atoms with Crippen molar-refractivity contribution in [2.24, 2.45) is 22.1 Å². The summed E-state index contributed by atoms with van der Waals surface area (Å²) in [6, 6.07) is 10.7. The minimum Gasteiger partial charge on any atom is -0.369 e. The topological polar surface area (TPSA) is 70.7 Å². The van der Waals surface area contributed by atoms with Crippen molar-refractivity contribution in [3.05, 3.63) is 35.9 Å². The van der Waals surface area contributed by atoms with E-state index in [0.29, 0.717) is 6.54 Å². The van der Waals surface area contributed by atoms with Crippen LogP contribution in [0.25, 0.3) is 0 Å². The highest BCUT2D eigenvalue weighted by Gasteiger charge is 2.26. The Bertz CT molecular complexity index is 581. The Kier molecular flexibility index (Phi) is 9.39. The molecule has 1 aliphatic heterocycles. The second-order valence-electron chi connectivity index (χ2n) is 7.54. The molecule has 1 aliphatic rings. The van der Waals surface area contributed by atoms with Gasteiger partial charge in [0.2, 0.25) is 5.91 Å². The summed E-state index contributed by atoms with van der Waals surface area (Å²) < 4.78 is 0. The minimum atomic E-state index is -0.619. The van der Waals surface area contributed by atoms with E-state index in [-0.39, 0.29) is 29.9 Å². The Morgan fingerprint density at radius 2 is 1.88 bits per heavy atom. The van der Waals surface area contributed by atoms with Crippen LogP contribution in [0.2, 0.25) is 0 Å². The molecule has 1 aromatic rings. The van der Waals surface area contributed by atoms with E-state index in [9.17, 15) is 4.79 Å². The Morgan fingerprint density at radius 3 is 2.42 bits per heavy atom. The molecule has 1 saturated heterocycles. The van der Waals surface area contributed by atoms with Gasteiger partial charge in [-0.05, 0) is 51.5 Å². The predicted octanol–water partition coefficient (Wildman–Crippen LogP) is 3.04. The Balaban J connectivity index is 0.00000338. The van der Waals surface area contributed by atoms with Gasteiger partial charge in [0.1, 0.15) is 0 Å². The number of hydrogen-bond acceptors (Lipinski definition) is 2. The van der Waals surface area contributed by atoms with Crippen LogP contribution in [0.4, 0.5) is 0 Å². The Labute approximate surface area is 174 Å². The molecular formula is C20H33IN4O. The summed E-state index contributed by atoms with van der Waals surface area (Å²) in [5, 5.41) is 3.35. The second-order valence-corrected chi connectivity index (χ2v) is 7.54. The smallest absolute Gasteiger partial charge is 0.224 e. The van der Waals surface area contributed by atoms with Crippen molar-refractivity contribution >= 4 is 35.8 Å². The maximum absolute atomic E-state index is 11.5. The van der Waals surface area contributed by atoms with E-state index in [1.165, 1.54) is 18.4 Å². The lowest BCUT2D eigenvalue weighted by Gasteiger charge is -2.34. The van der Waals surface area contributed by atoms with Gasteiger partial charge in [-0.15, -0.1) is 24.0 Å². The fraction of sp³-hybridized carbons (Fsp3) is 0.600. The highest BCUT2D eigenvalue weighted by atomic mass is 127. The molecule has 146 valence electrons. The third kappa shape index (κ3) is 6.78. The van der Waals surface area contributed by atoms with E-state index in [0.717, 1.165) is 37.9 Å². The number of nitrogens with zero attached hydrogens (tertiary/aromatic N) is 2. The summed E-state index contributed by atoms with van der Waals surface area (Å²) in [6.45, 7) is 8.98. The van der Waals surface area contributed by atoms with Gasteiger partial charge in [0.25, 0.3) is 0 Å². The van der Waals surface area contributed by atoms with E-state index < -0.39 is 5.41 Å². The molecule has 0 bridgehead atoms. The monoisotopic (exact) mass is 472 g/mol. The lowest BCUT2D eigenvalue weighted by molar-refractivity contribution is -0.125. The molecule has 5 nitrogen and oxygen atoms in total. The van der Waals surface area contributed by atoms with E-state index in [4.69, 9.17) is 5.73 Å². The van der Waals surface area contributed by atoms with Crippen molar-refractivity contribution in [1.82, 2.24) is 10.2 Å². The second kappa shape index (κ2) is 10.7. The van der Waals surface area contributed by atoms with Crippen LogP contribution in [-0.2, 0) is 11.2 Å². The summed E-state index contributed by atoms with van der Waals surface area (Å²) in [5.41, 5.74) is 6.26. The van der Waals surface area contributed by atoms with Gasteiger partial charge in [-0.2, -0.15) is 0 Å². The van der Waals surface area contributed by atoms with E-state index in [1.807, 2.05) is 13.8 Å². The minimum absolute atomic E-state index is 0. The van der Waals surface area contributed by atoms with Gasteiger partial charge >= 0.3 is 0 Å². The van der Waals surface area contributed by atoms with E-state index >= 15 is 0 Å². The molecule has 2 rings (SSSR count). The first kappa shape index (κ1) is 22.7. The molecule has 1 amide bonds. The summed E-state index contributed by atoms with van der Waals surface area (Å²) in [5.74, 6) is 1.31. The Hall–Kier alpha value is -1.31. The van der Waals surface area contributed by atoms with Crippen molar-refractivity contribution in [1.29, 1.82) is 0 Å². The van der Waals surface area contributed by atoms with Crippen LogP contribution in [0.3, 0.4) is 0 Å². The average Bonchev–Trinajstić information content (AvgIpc) is 2.60. The van der Waals surface area contributed by atoms with Gasteiger partial charge in [-0.3, -0.25) is 9.79 Å². The first-order valence-electron chi connectivity index (χ1n) is 9.29. The molecule has 3 N–H and O–H groups in total. The van der Waals surface area contributed by atoms with Crippen molar-refractivity contribution in [3.8, 4) is 0 Å². The van der Waals surface area contributed by atoms with Gasteiger partial charge < -0.3 is 16.0 Å². The standard InChI is InChI=1S/C20H32N4O.HI/c1-4-22-19(23-15-20(2,3)18(21)25)24-12-10-17(11-13-24)14-16-8-6-5-7-9-16;/h5-9,17H,4,10-15H2,1-3H3,(H2,21,25)(H,22,23);1H. The number of carbonyl (C=O) groups excluding carboxylic acids is 1. The van der Waals surface area contributed by atoms with Crippen molar-refractivity contribution in [3.63, 3.8) is 0 Å². The van der Waals surface area contributed by atoms with Crippen molar-refractivity contribution in [2.75, 3.05) is 26.2 Å². The molecule has 0 atom stereocenters. The van der Waals surface area contributed by atoms with Gasteiger partial charge in [0, 0.05) is 19.6 Å². The van der Waals surface area contributed by atoms with Gasteiger partial charge in [0.15, 0.2) is 5.96 Å². The quantitative estimate of drug-likeness (QED) is 0.380. The molecule has 0 aromatic heterocycles. The molecular weight excluding hydrogens is 439 g/mol. The van der Waals surface area contributed by atoms with Crippen LogP contribution in [0.1, 0.15) is 39.2 Å². The summed E-state index contributed by atoms with van der Waals surface area (Å²) in [7, 11) is 0. The number of likely N-dealkylation sites (tertiary alicyclic amines) is 1. The van der Waals surface area contributed by atoms with Crippen LogP contribution < -0.4 is 11.1 Å². The van der Waals surface area contributed by atoms with Crippen LogP contribution >= 0.6 is 24.0 Å². The highest BCUT2D eigenvalue weighted by Crippen LogP contribution is 2.22. The first-order chi connectivity index (χ1) is 11.9. The number of amides is 1. The molecule has 1 fully saturated rings. The number of piperidine rings is 1. The highest BCUT2D eigenvalue weighted by molar-refractivity contribution is 14.0. The molecule has 0 spiro atoms. The van der Waals surface area contributed by atoms with E-state index in [2.05, 4.69) is 52.5 Å².